The molecule has 3 amide bonds. The van der Waals surface area contributed by atoms with Crippen LogP contribution < -0.4 is 10.6 Å². The second-order valence-corrected chi connectivity index (χ2v) is 6.27. The maximum atomic E-state index is 12.0. The maximum Gasteiger partial charge on any atom is 0.321 e. The summed E-state index contributed by atoms with van der Waals surface area (Å²) >= 11 is 0. The molecule has 0 aromatic heterocycles. The number of hydrogen-bond donors (Lipinski definition) is 3. The number of aliphatic carboxylic acids is 1. The molecule has 0 bridgehead atoms. The van der Waals surface area contributed by atoms with Crippen LogP contribution in [0.1, 0.15) is 51.9 Å². The number of imide groups is 1. The van der Waals surface area contributed by atoms with E-state index in [1.54, 1.807) is 11.8 Å². The van der Waals surface area contributed by atoms with E-state index in [-0.39, 0.29) is 18.6 Å². The predicted octanol–water partition coefficient (Wildman–Crippen LogP) is 1.08. The van der Waals surface area contributed by atoms with E-state index in [2.05, 4.69) is 10.6 Å². The van der Waals surface area contributed by atoms with Gasteiger partial charge in [-0.15, -0.1) is 0 Å². The quantitative estimate of drug-likeness (QED) is 0.682. The lowest BCUT2D eigenvalue weighted by molar-refractivity contribution is -0.143. The second kappa shape index (κ2) is 7.58. The van der Waals surface area contributed by atoms with E-state index in [1.165, 1.54) is 6.42 Å². The second-order valence-electron chi connectivity index (χ2n) is 6.27. The Balaban J connectivity index is 1.77. The molecule has 7 nitrogen and oxygen atoms in total. The Morgan fingerprint density at radius 2 is 1.77 bits per heavy atom. The van der Waals surface area contributed by atoms with Crippen molar-refractivity contribution in [2.75, 3.05) is 6.54 Å². The van der Waals surface area contributed by atoms with Crippen LogP contribution in [-0.4, -0.2) is 52.6 Å². The molecule has 1 unspecified atom stereocenters. The van der Waals surface area contributed by atoms with E-state index in [0.717, 1.165) is 38.5 Å². The van der Waals surface area contributed by atoms with Crippen molar-refractivity contribution in [3.8, 4) is 0 Å². The first kappa shape index (κ1) is 16.7. The van der Waals surface area contributed by atoms with Crippen molar-refractivity contribution in [3.05, 3.63) is 0 Å². The summed E-state index contributed by atoms with van der Waals surface area (Å²) in [5.41, 5.74) is 0. The molecule has 1 atom stereocenters. The number of nitrogens with zero attached hydrogens (tertiary/aromatic N) is 1. The first-order valence-electron chi connectivity index (χ1n) is 8.06. The molecule has 22 heavy (non-hydrogen) atoms. The molecular formula is C15H25N3O4. The van der Waals surface area contributed by atoms with Crippen molar-refractivity contribution >= 4 is 17.9 Å². The number of carbonyl (C=O) groups is 3. The van der Waals surface area contributed by atoms with Gasteiger partial charge in [0.2, 0.25) is 5.91 Å². The first-order valence-corrected chi connectivity index (χ1v) is 8.06. The Labute approximate surface area is 130 Å². The molecule has 2 aliphatic carbocycles. The van der Waals surface area contributed by atoms with Gasteiger partial charge >= 0.3 is 12.0 Å². The molecule has 0 radical (unpaired) electrons. The standard InChI is InChI=1S/C15H25N3O4/c1-10(14(20)21)18(12-7-8-12)9-13(19)17-15(22)16-11-5-3-2-4-6-11/h10-12H,2-9H2,1H3,(H,20,21)(H2,16,17,19,22). The van der Waals surface area contributed by atoms with Crippen LogP contribution in [0, 0.1) is 0 Å². The summed E-state index contributed by atoms with van der Waals surface area (Å²) in [4.78, 5) is 36.5. The molecule has 2 rings (SSSR count). The average Bonchev–Trinajstić information content (AvgIpc) is 3.29. The lowest BCUT2D eigenvalue weighted by Gasteiger charge is -2.26. The highest BCUT2D eigenvalue weighted by atomic mass is 16.4. The lowest BCUT2D eigenvalue weighted by Crippen LogP contribution is -2.50. The van der Waals surface area contributed by atoms with E-state index in [4.69, 9.17) is 5.11 Å². The highest BCUT2D eigenvalue weighted by Crippen LogP contribution is 2.28. The van der Waals surface area contributed by atoms with Gasteiger partial charge in [-0.2, -0.15) is 0 Å². The van der Waals surface area contributed by atoms with Crippen molar-refractivity contribution in [2.24, 2.45) is 0 Å². The van der Waals surface area contributed by atoms with Crippen molar-refractivity contribution in [2.45, 2.75) is 70.0 Å². The van der Waals surface area contributed by atoms with Gasteiger partial charge in [-0.25, -0.2) is 4.79 Å². The van der Waals surface area contributed by atoms with Crippen LogP contribution in [-0.2, 0) is 9.59 Å². The summed E-state index contributed by atoms with van der Waals surface area (Å²) in [7, 11) is 0. The molecule has 0 spiro atoms. The van der Waals surface area contributed by atoms with E-state index in [9.17, 15) is 14.4 Å². The zero-order chi connectivity index (χ0) is 16.1. The van der Waals surface area contributed by atoms with Gasteiger partial charge < -0.3 is 10.4 Å². The Morgan fingerprint density at radius 1 is 1.14 bits per heavy atom. The third-order valence-electron chi connectivity index (χ3n) is 4.39. The molecule has 2 fully saturated rings. The highest BCUT2D eigenvalue weighted by Gasteiger charge is 2.36. The Hall–Kier alpha value is -1.63. The number of urea groups is 1. The third-order valence-corrected chi connectivity index (χ3v) is 4.39. The van der Waals surface area contributed by atoms with E-state index in [1.807, 2.05) is 0 Å². The van der Waals surface area contributed by atoms with Crippen LogP contribution in [0.25, 0.3) is 0 Å². The molecule has 124 valence electrons. The van der Waals surface area contributed by atoms with Crippen molar-refractivity contribution in [3.63, 3.8) is 0 Å². The summed E-state index contributed by atoms with van der Waals surface area (Å²) < 4.78 is 0. The molecular weight excluding hydrogens is 286 g/mol. The molecule has 2 aliphatic rings. The van der Waals surface area contributed by atoms with E-state index in [0.29, 0.717) is 0 Å². The van der Waals surface area contributed by atoms with Gasteiger partial charge in [-0.3, -0.25) is 19.8 Å². The number of carboxylic acid groups (broad SMARTS) is 1. The van der Waals surface area contributed by atoms with Crippen LogP contribution in [0.2, 0.25) is 0 Å². The van der Waals surface area contributed by atoms with Gasteiger partial charge in [-0.1, -0.05) is 19.3 Å². The summed E-state index contributed by atoms with van der Waals surface area (Å²) in [5.74, 6) is -1.40. The minimum absolute atomic E-state index is 0.0593. The Morgan fingerprint density at radius 3 is 2.32 bits per heavy atom. The van der Waals surface area contributed by atoms with Crippen molar-refractivity contribution in [1.82, 2.24) is 15.5 Å². The van der Waals surface area contributed by atoms with Crippen LogP contribution in [0.15, 0.2) is 0 Å². The summed E-state index contributed by atoms with van der Waals surface area (Å²) in [6.45, 7) is 1.51. The van der Waals surface area contributed by atoms with Crippen LogP contribution in [0.4, 0.5) is 4.79 Å². The number of rotatable bonds is 6. The number of carbonyl (C=O) groups excluding carboxylic acids is 2. The largest absolute Gasteiger partial charge is 0.480 e. The van der Waals surface area contributed by atoms with E-state index < -0.39 is 23.9 Å². The zero-order valence-electron chi connectivity index (χ0n) is 13.0. The zero-order valence-corrected chi connectivity index (χ0v) is 13.0. The molecule has 2 saturated carbocycles. The molecule has 0 aliphatic heterocycles. The van der Waals surface area contributed by atoms with Crippen molar-refractivity contribution in [1.29, 1.82) is 0 Å². The maximum absolute atomic E-state index is 12.0. The fraction of sp³-hybridized carbons (Fsp3) is 0.800. The normalized spacial score (nSPS) is 20.5. The lowest BCUT2D eigenvalue weighted by atomic mass is 9.96. The first-order chi connectivity index (χ1) is 10.5. The fourth-order valence-corrected chi connectivity index (χ4v) is 2.93. The van der Waals surface area contributed by atoms with Gasteiger partial charge in [0.25, 0.3) is 0 Å². The molecule has 0 aromatic carbocycles. The van der Waals surface area contributed by atoms with Crippen LogP contribution in [0.3, 0.4) is 0 Å². The van der Waals surface area contributed by atoms with E-state index >= 15 is 0 Å². The number of carboxylic acids is 1. The average molecular weight is 311 g/mol. The molecule has 0 heterocycles. The predicted molar refractivity (Wildman–Crippen MR) is 80.4 cm³/mol. The minimum atomic E-state index is -0.952. The number of amides is 3. The minimum Gasteiger partial charge on any atom is -0.480 e. The van der Waals surface area contributed by atoms with Gasteiger partial charge in [0, 0.05) is 12.1 Å². The SMILES string of the molecule is CC(C(=O)O)N(CC(=O)NC(=O)NC1CCCCC1)C1CC1. The molecule has 3 N–H and O–H groups in total. The summed E-state index contributed by atoms with van der Waals surface area (Å²) in [6, 6.07) is -0.924. The Bertz CT molecular complexity index is 431. The topological polar surface area (TPSA) is 98.7 Å². The van der Waals surface area contributed by atoms with Gasteiger partial charge in [0.05, 0.1) is 6.54 Å². The van der Waals surface area contributed by atoms with Gasteiger partial charge in [0.15, 0.2) is 0 Å². The molecule has 0 saturated heterocycles. The Kier molecular flexibility index (Phi) is 5.76. The van der Waals surface area contributed by atoms with Crippen molar-refractivity contribution < 1.29 is 19.5 Å². The summed E-state index contributed by atoms with van der Waals surface area (Å²) in [5, 5.41) is 14.2. The molecule has 0 aromatic rings. The number of hydrogen-bond acceptors (Lipinski definition) is 4. The highest BCUT2D eigenvalue weighted by molar-refractivity contribution is 5.95. The van der Waals surface area contributed by atoms with Gasteiger partial charge in [0.1, 0.15) is 6.04 Å². The molecule has 7 heteroatoms. The van der Waals surface area contributed by atoms with Gasteiger partial charge in [-0.05, 0) is 32.6 Å². The van der Waals surface area contributed by atoms with Crippen LogP contribution >= 0.6 is 0 Å². The monoisotopic (exact) mass is 311 g/mol. The summed E-state index contributed by atoms with van der Waals surface area (Å²) in [6.07, 6.45) is 7.10. The third kappa shape index (κ3) is 4.98. The number of nitrogens with one attached hydrogen (secondary N) is 2. The smallest absolute Gasteiger partial charge is 0.321 e. The fourth-order valence-electron chi connectivity index (χ4n) is 2.93. The van der Waals surface area contributed by atoms with Crippen LogP contribution in [0.5, 0.6) is 0 Å².